The van der Waals surface area contributed by atoms with Crippen LogP contribution in [0.15, 0.2) is 11.4 Å². The third-order valence-electron chi connectivity index (χ3n) is 2.34. The van der Waals surface area contributed by atoms with Crippen LogP contribution in [0.4, 0.5) is 5.13 Å². The summed E-state index contributed by atoms with van der Waals surface area (Å²) in [5.41, 5.74) is 1.07. The molecule has 0 saturated heterocycles. The highest BCUT2D eigenvalue weighted by Crippen LogP contribution is 2.39. The summed E-state index contributed by atoms with van der Waals surface area (Å²) < 4.78 is 1.22. The summed E-state index contributed by atoms with van der Waals surface area (Å²) in [5, 5.41) is 5.21. The van der Waals surface area contributed by atoms with Crippen LogP contribution in [-0.4, -0.2) is 10.9 Å². The lowest BCUT2D eigenvalue weighted by Gasteiger charge is -2.15. The van der Waals surface area contributed by atoms with E-state index in [4.69, 9.17) is 23.2 Å². The van der Waals surface area contributed by atoms with Crippen LogP contribution in [-0.2, 0) is 4.79 Å². The number of halogens is 2. The Hall–Kier alpha value is -0.620. The van der Waals surface area contributed by atoms with Gasteiger partial charge in [0.1, 0.15) is 4.34 Å². The summed E-state index contributed by atoms with van der Waals surface area (Å²) in [6.07, 6.45) is 0. The molecule has 0 atom stereocenters. The Kier molecular flexibility index (Phi) is 4.20. The normalized spacial score (nSPS) is 11.6. The first-order valence-corrected chi connectivity index (χ1v) is 7.95. The fraction of sp³-hybridized carbons (Fsp3) is 0.333. The van der Waals surface area contributed by atoms with Crippen molar-refractivity contribution in [1.29, 1.82) is 0 Å². The van der Waals surface area contributed by atoms with Gasteiger partial charge in [0.05, 0.1) is 10.0 Å². The number of nitrogens with one attached hydrogen (secondary N) is 1. The number of anilines is 1. The number of thiophene rings is 1. The molecule has 0 aliphatic rings. The van der Waals surface area contributed by atoms with Gasteiger partial charge in [0.25, 0.3) is 0 Å². The zero-order valence-electron chi connectivity index (χ0n) is 10.6. The highest BCUT2D eigenvalue weighted by Gasteiger charge is 2.22. The van der Waals surface area contributed by atoms with Crippen LogP contribution in [0.2, 0.25) is 8.67 Å². The Labute approximate surface area is 129 Å². The van der Waals surface area contributed by atoms with Crippen LogP contribution in [0, 0.1) is 5.41 Å². The molecule has 0 unspecified atom stereocenters. The Morgan fingerprint density at radius 2 is 2.05 bits per heavy atom. The SMILES string of the molecule is CC(C)(C)C(=O)Nc1nc(-c2cc(Cl)sc2Cl)cs1. The van der Waals surface area contributed by atoms with Crippen LogP contribution in [0.25, 0.3) is 11.3 Å². The van der Waals surface area contributed by atoms with E-state index in [1.165, 1.54) is 22.7 Å². The molecule has 3 nitrogen and oxygen atoms in total. The van der Waals surface area contributed by atoms with Gasteiger partial charge in [0.2, 0.25) is 5.91 Å². The number of thiazole rings is 1. The third kappa shape index (κ3) is 3.48. The number of hydrogen-bond donors (Lipinski definition) is 1. The number of nitrogens with zero attached hydrogens (tertiary/aromatic N) is 1. The van der Waals surface area contributed by atoms with E-state index in [2.05, 4.69) is 10.3 Å². The maximum absolute atomic E-state index is 11.9. The summed E-state index contributed by atoms with van der Waals surface area (Å²) in [4.78, 5) is 16.2. The topological polar surface area (TPSA) is 42.0 Å². The molecule has 0 aliphatic carbocycles. The number of carbonyl (C=O) groups is 1. The number of aromatic nitrogens is 1. The van der Waals surface area contributed by atoms with Crippen LogP contribution >= 0.6 is 45.9 Å². The van der Waals surface area contributed by atoms with Gasteiger partial charge < -0.3 is 5.32 Å². The molecule has 102 valence electrons. The smallest absolute Gasteiger partial charge is 0.231 e. The van der Waals surface area contributed by atoms with Crippen molar-refractivity contribution in [2.75, 3.05) is 5.32 Å². The Balaban J connectivity index is 2.20. The van der Waals surface area contributed by atoms with E-state index >= 15 is 0 Å². The molecule has 2 rings (SSSR count). The fourth-order valence-electron chi connectivity index (χ4n) is 1.25. The van der Waals surface area contributed by atoms with E-state index in [9.17, 15) is 4.79 Å². The molecule has 0 fully saturated rings. The number of hydrogen-bond acceptors (Lipinski definition) is 4. The summed E-state index contributed by atoms with van der Waals surface area (Å²) in [6.45, 7) is 5.56. The van der Waals surface area contributed by atoms with Gasteiger partial charge in [-0.2, -0.15) is 0 Å². The van der Waals surface area contributed by atoms with E-state index in [1.54, 1.807) is 6.07 Å². The number of carbonyl (C=O) groups excluding carboxylic acids is 1. The Bertz CT molecular complexity index is 614. The first kappa shape index (κ1) is 14.8. The van der Waals surface area contributed by atoms with Gasteiger partial charge in [-0.25, -0.2) is 4.98 Å². The quantitative estimate of drug-likeness (QED) is 0.823. The van der Waals surface area contributed by atoms with Gasteiger partial charge in [0, 0.05) is 16.4 Å². The molecule has 2 heterocycles. The molecule has 1 amide bonds. The lowest BCUT2D eigenvalue weighted by molar-refractivity contribution is -0.123. The second-order valence-electron chi connectivity index (χ2n) is 4.98. The zero-order valence-corrected chi connectivity index (χ0v) is 13.7. The number of amides is 1. The molecule has 0 bridgehead atoms. The first-order chi connectivity index (χ1) is 8.77. The molecule has 19 heavy (non-hydrogen) atoms. The summed E-state index contributed by atoms with van der Waals surface area (Å²) in [5.74, 6) is -0.0668. The first-order valence-electron chi connectivity index (χ1n) is 5.49. The highest BCUT2D eigenvalue weighted by atomic mass is 35.5. The largest absolute Gasteiger partial charge is 0.302 e. The second-order valence-corrected chi connectivity index (χ2v) is 8.12. The molecule has 0 radical (unpaired) electrons. The van der Waals surface area contributed by atoms with Gasteiger partial charge in [0.15, 0.2) is 5.13 Å². The van der Waals surface area contributed by atoms with Gasteiger partial charge in [-0.15, -0.1) is 22.7 Å². The van der Waals surface area contributed by atoms with E-state index in [0.29, 0.717) is 13.8 Å². The van der Waals surface area contributed by atoms with Crippen molar-refractivity contribution in [3.8, 4) is 11.3 Å². The fourth-order valence-corrected chi connectivity index (χ4v) is 3.44. The molecule has 2 aromatic rings. The second kappa shape index (κ2) is 5.40. The lowest BCUT2D eigenvalue weighted by Crippen LogP contribution is -2.27. The summed E-state index contributed by atoms with van der Waals surface area (Å²) in [7, 11) is 0. The minimum Gasteiger partial charge on any atom is -0.302 e. The van der Waals surface area contributed by atoms with Crippen LogP contribution < -0.4 is 5.32 Å². The monoisotopic (exact) mass is 334 g/mol. The van der Waals surface area contributed by atoms with Crippen molar-refractivity contribution in [1.82, 2.24) is 4.98 Å². The van der Waals surface area contributed by atoms with Crippen molar-refractivity contribution in [3.63, 3.8) is 0 Å². The van der Waals surface area contributed by atoms with Gasteiger partial charge in [-0.1, -0.05) is 44.0 Å². The van der Waals surface area contributed by atoms with Gasteiger partial charge in [-0.3, -0.25) is 4.79 Å². The van der Waals surface area contributed by atoms with E-state index in [-0.39, 0.29) is 5.91 Å². The van der Waals surface area contributed by atoms with E-state index < -0.39 is 5.41 Å². The van der Waals surface area contributed by atoms with E-state index in [1.807, 2.05) is 26.2 Å². The molecule has 1 N–H and O–H groups in total. The minimum absolute atomic E-state index is 0.0668. The highest BCUT2D eigenvalue weighted by molar-refractivity contribution is 7.20. The van der Waals surface area contributed by atoms with Crippen molar-refractivity contribution in [3.05, 3.63) is 20.1 Å². The Morgan fingerprint density at radius 3 is 2.58 bits per heavy atom. The minimum atomic E-state index is -0.449. The molecular weight excluding hydrogens is 323 g/mol. The standard InChI is InChI=1S/C12H12Cl2N2OS2/c1-12(2,3)10(17)16-11-15-7(5-18-11)6-4-8(13)19-9(6)14/h4-5H,1-3H3,(H,15,16,17). The van der Waals surface area contributed by atoms with Crippen LogP contribution in [0.5, 0.6) is 0 Å². The van der Waals surface area contributed by atoms with Gasteiger partial charge >= 0.3 is 0 Å². The van der Waals surface area contributed by atoms with Crippen molar-refractivity contribution < 1.29 is 4.79 Å². The molecule has 7 heteroatoms. The average Bonchev–Trinajstić information content (AvgIpc) is 2.84. The Morgan fingerprint density at radius 1 is 1.37 bits per heavy atom. The van der Waals surface area contributed by atoms with Crippen molar-refractivity contribution >= 4 is 56.9 Å². The third-order valence-corrected chi connectivity index (χ3v) is 4.58. The zero-order chi connectivity index (χ0) is 14.2. The van der Waals surface area contributed by atoms with Crippen molar-refractivity contribution in [2.45, 2.75) is 20.8 Å². The van der Waals surface area contributed by atoms with Crippen molar-refractivity contribution in [2.24, 2.45) is 5.41 Å². The molecule has 0 aromatic carbocycles. The van der Waals surface area contributed by atoms with E-state index in [0.717, 1.165) is 11.3 Å². The van der Waals surface area contributed by atoms with Crippen LogP contribution in [0.3, 0.4) is 0 Å². The molecule has 0 saturated carbocycles. The molecule has 0 aliphatic heterocycles. The summed E-state index contributed by atoms with van der Waals surface area (Å²) in [6, 6.07) is 1.78. The lowest BCUT2D eigenvalue weighted by atomic mass is 9.96. The van der Waals surface area contributed by atoms with Crippen LogP contribution in [0.1, 0.15) is 20.8 Å². The molecule has 2 aromatic heterocycles. The molecular formula is C12H12Cl2N2OS2. The predicted octanol–water partition coefficient (Wildman–Crippen LogP) is 5.16. The van der Waals surface area contributed by atoms with Gasteiger partial charge in [-0.05, 0) is 6.07 Å². The average molecular weight is 335 g/mol. The number of rotatable bonds is 2. The predicted molar refractivity (Wildman–Crippen MR) is 83.5 cm³/mol. The maximum Gasteiger partial charge on any atom is 0.231 e. The summed E-state index contributed by atoms with van der Waals surface area (Å²) >= 11 is 14.7. The molecule has 0 spiro atoms. The maximum atomic E-state index is 11.9.